The van der Waals surface area contributed by atoms with Crippen LogP contribution < -0.4 is 0 Å². The van der Waals surface area contributed by atoms with Gasteiger partial charge in [-0.3, -0.25) is 4.18 Å². The Morgan fingerprint density at radius 3 is 2.08 bits per heavy atom. The molecular weight excluding hydrogens is 344 g/mol. The molecule has 0 atom stereocenters. The molecule has 150 valence electrons. The Labute approximate surface area is 161 Å². The summed E-state index contributed by atoms with van der Waals surface area (Å²) in [6.07, 6.45) is 10.2. The smallest absolute Gasteiger partial charge is 0.266 e. The van der Waals surface area contributed by atoms with Crippen molar-refractivity contribution in [3.05, 3.63) is 28.8 Å². The van der Waals surface area contributed by atoms with E-state index in [-0.39, 0.29) is 6.61 Å². The van der Waals surface area contributed by atoms with Crippen LogP contribution in [0.1, 0.15) is 88.8 Å². The van der Waals surface area contributed by atoms with E-state index in [1.807, 2.05) is 32.9 Å². The minimum Gasteiger partial charge on any atom is -0.266 e. The first-order chi connectivity index (χ1) is 12.3. The fourth-order valence-electron chi connectivity index (χ4n) is 3.43. The van der Waals surface area contributed by atoms with Gasteiger partial charge in [0.15, 0.2) is 0 Å². The van der Waals surface area contributed by atoms with Crippen LogP contribution in [-0.4, -0.2) is 15.0 Å². The van der Waals surface area contributed by atoms with Gasteiger partial charge in [0.1, 0.15) is 4.90 Å². The van der Waals surface area contributed by atoms with Gasteiger partial charge in [0.2, 0.25) is 0 Å². The number of rotatable bonds is 13. The predicted molar refractivity (Wildman–Crippen MR) is 110 cm³/mol. The maximum Gasteiger partial charge on any atom is 0.297 e. The van der Waals surface area contributed by atoms with Crippen molar-refractivity contribution in [3.63, 3.8) is 0 Å². The Hall–Kier alpha value is -0.870. The molecule has 3 nitrogen and oxygen atoms in total. The molecule has 1 rings (SSSR count). The maximum atomic E-state index is 12.6. The van der Waals surface area contributed by atoms with Crippen molar-refractivity contribution in [1.82, 2.24) is 0 Å². The van der Waals surface area contributed by atoms with Gasteiger partial charge >= 0.3 is 0 Å². The average molecular weight is 383 g/mol. The second-order valence-corrected chi connectivity index (χ2v) is 9.41. The van der Waals surface area contributed by atoms with Crippen molar-refractivity contribution >= 4 is 10.1 Å². The lowest BCUT2D eigenvalue weighted by Gasteiger charge is -2.13. The zero-order chi connectivity index (χ0) is 19.6. The molecule has 4 heteroatoms. The summed E-state index contributed by atoms with van der Waals surface area (Å²) in [4.78, 5) is 0.371. The van der Waals surface area contributed by atoms with Crippen LogP contribution >= 0.6 is 0 Å². The topological polar surface area (TPSA) is 43.4 Å². The van der Waals surface area contributed by atoms with Crippen molar-refractivity contribution < 1.29 is 12.6 Å². The van der Waals surface area contributed by atoms with E-state index in [2.05, 4.69) is 13.8 Å². The van der Waals surface area contributed by atoms with Crippen LogP contribution in [0.15, 0.2) is 17.0 Å². The number of aryl methyl sites for hydroxylation is 3. The van der Waals surface area contributed by atoms with E-state index >= 15 is 0 Å². The van der Waals surface area contributed by atoms with Gasteiger partial charge in [-0.05, 0) is 43.7 Å². The molecule has 0 bridgehead atoms. The summed E-state index contributed by atoms with van der Waals surface area (Å²) < 4.78 is 30.5. The van der Waals surface area contributed by atoms with Gasteiger partial charge in [0.25, 0.3) is 10.1 Å². The molecule has 0 saturated carbocycles. The number of hydrogen-bond acceptors (Lipinski definition) is 3. The molecule has 0 amide bonds. The molecule has 1 aromatic carbocycles. The summed E-state index contributed by atoms with van der Waals surface area (Å²) in [6, 6.07) is 3.86. The Morgan fingerprint density at radius 1 is 0.923 bits per heavy atom. The van der Waals surface area contributed by atoms with E-state index in [0.717, 1.165) is 41.9 Å². The highest BCUT2D eigenvalue weighted by molar-refractivity contribution is 7.86. The first-order valence-corrected chi connectivity index (χ1v) is 11.7. The van der Waals surface area contributed by atoms with Gasteiger partial charge in [-0.1, -0.05) is 83.4 Å². The van der Waals surface area contributed by atoms with Crippen LogP contribution in [0.4, 0.5) is 0 Å². The normalized spacial score (nSPS) is 12.1. The largest absolute Gasteiger partial charge is 0.297 e. The van der Waals surface area contributed by atoms with E-state index < -0.39 is 10.1 Å². The third kappa shape index (κ3) is 8.22. The highest BCUT2D eigenvalue weighted by Gasteiger charge is 2.21. The van der Waals surface area contributed by atoms with Gasteiger partial charge in [-0.2, -0.15) is 8.42 Å². The molecule has 0 aromatic heterocycles. The molecule has 0 N–H and O–H groups in total. The van der Waals surface area contributed by atoms with E-state index in [0.29, 0.717) is 11.3 Å². The van der Waals surface area contributed by atoms with E-state index in [1.165, 1.54) is 32.1 Å². The summed E-state index contributed by atoms with van der Waals surface area (Å²) in [5.74, 6) is 0.805. The highest BCUT2D eigenvalue weighted by atomic mass is 32.2. The minimum absolute atomic E-state index is 0.284. The van der Waals surface area contributed by atoms with Gasteiger partial charge in [-0.25, -0.2) is 0 Å². The summed E-state index contributed by atoms with van der Waals surface area (Å²) in [5, 5.41) is 0. The van der Waals surface area contributed by atoms with E-state index in [1.54, 1.807) is 0 Å². The lowest BCUT2D eigenvalue weighted by atomic mass is 10.0. The number of benzene rings is 1. The molecular formula is C22H38O3S. The van der Waals surface area contributed by atoms with Gasteiger partial charge in [0, 0.05) is 0 Å². The van der Waals surface area contributed by atoms with Crippen LogP contribution in [0.2, 0.25) is 0 Å². The third-order valence-electron chi connectivity index (χ3n) is 4.79. The Balaban J connectivity index is 2.33. The van der Waals surface area contributed by atoms with E-state index in [4.69, 9.17) is 4.18 Å². The zero-order valence-corrected chi connectivity index (χ0v) is 18.3. The predicted octanol–water partition coefficient (Wildman–Crippen LogP) is 6.35. The minimum atomic E-state index is -3.66. The second kappa shape index (κ2) is 11.8. The average Bonchev–Trinajstić information content (AvgIpc) is 2.55. The molecule has 0 aliphatic heterocycles. The summed E-state index contributed by atoms with van der Waals surface area (Å²) in [5.41, 5.74) is 2.72. The third-order valence-corrected chi connectivity index (χ3v) is 6.35. The second-order valence-electron chi connectivity index (χ2n) is 7.86. The van der Waals surface area contributed by atoms with Crippen molar-refractivity contribution in [3.8, 4) is 0 Å². The molecule has 0 unspecified atom stereocenters. The van der Waals surface area contributed by atoms with Crippen LogP contribution in [0.3, 0.4) is 0 Å². The molecule has 0 radical (unpaired) electrons. The van der Waals surface area contributed by atoms with Crippen molar-refractivity contribution in [2.75, 3.05) is 6.61 Å². The lowest BCUT2D eigenvalue weighted by Crippen LogP contribution is -2.12. The summed E-state index contributed by atoms with van der Waals surface area (Å²) in [6.45, 7) is 10.7. The fraction of sp³-hybridized carbons (Fsp3) is 0.727. The quantitative estimate of drug-likeness (QED) is 0.295. The lowest BCUT2D eigenvalue weighted by molar-refractivity contribution is 0.305. The Bertz CT molecular complexity index is 633. The van der Waals surface area contributed by atoms with Crippen LogP contribution in [0, 0.1) is 19.8 Å². The number of hydrogen-bond donors (Lipinski definition) is 0. The van der Waals surface area contributed by atoms with Crippen LogP contribution in [-0.2, 0) is 20.7 Å². The van der Waals surface area contributed by atoms with Crippen molar-refractivity contribution in [1.29, 1.82) is 0 Å². The van der Waals surface area contributed by atoms with Gasteiger partial charge in [-0.15, -0.1) is 0 Å². The zero-order valence-electron chi connectivity index (χ0n) is 17.4. The molecule has 1 aromatic rings. The highest BCUT2D eigenvalue weighted by Crippen LogP contribution is 2.25. The maximum absolute atomic E-state index is 12.6. The molecule has 0 aliphatic carbocycles. The summed E-state index contributed by atoms with van der Waals surface area (Å²) >= 11 is 0. The molecule has 0 fully saturated rings. The first kappa shape index (κ1) is 23.2. The number of unbranched alkanes of at least 4 members (excludes halogenated alkanes) is 6. The molecule has 0 spiro atoms. The molecule has 0 heterocycles. The van der Waals surface area contributed by atoms with Crippen molar-refractivity contribution in [2.45, 2.75) is 97.3 Å². The summed E-state index contributed by atoms with van der Waals surface area (Å²) in [7, 11) is -3.66. The Kier molecular flexibility index (Phi) is 10.5. The van der Waals surface area contributed by atoms with E-state index in [9.17, 15) is 8.42 Å². The fourth-order valence-corrected chi connectivity index (χ4v) is 4.86. The van der Waals surface area contributed by atoms with Gasteiger partial charge < -0.3 is 0 Å². The standard InChI is InChI=1S/C22H38O3S/c1-6-21-17-19(4)16-20(5)22(21)26(23,24)25-15-13-11-9-7-8-10-12-14-18(2)3/h16-18H,6-15H2,1-5H3. The Morgan fingerprint density at radius 2 is 1.50 bits per heavy atom. The van der Waals surface area contributed by atoms with Crippen LogP contribution in [0.5, 0.6) is 0 Å². The SMILES string of the molecule is CCc1cc(C)cc(C)c1S(=O)(=O)OCCCCCCCCCC(C)C. The molecule has 0 saturated heterocycles. The molecule has 0 aliphatic rings. The monoisotopic (exact) mass is 382 g/mol. The van der Waals surface area contributed by atoms with Crippen LogP contribution in [0.25, 0.3) is 0 Å². The molecule has 26 heavy (non-hydrogen) atoms. The van der Waals surface area contributed by atoms with Crippen molar-refractivity contribution in [2.24, 2.45) is 5.92 Å². The first-order valence-electron chi connectivity index (χ1n) is 10.3. The van der Waals surface area contributed by atoms with Gasteiger partial charge in [0.05, 0.1) is 6.61 Å².